The first kappa shape index (κ1) is 19.9. The Morgan fingerprint density at radius 3 is 2.54 bits per heavy atom. The zero-order valence-electron chi connectivity index (χ0n) is 15.0. The van der Waals surface area contributed by atoms with E-state index in [4.69, 9.17) is 0 Å². The standard InChI is InChI=1S/C19H22BrN3O3/c1-13(4-5-14-6-9-16(20)10-7-14)21-17(24)11-8-15-12-22(2)19(26)23(3)18(15)25/h6-13H,4-5H2,1-3H3,(H,21,24). The molecule has 2 aromatic rings. The maximum absolute atomic E-state index is 12.0. The zero-order chi connectivity index (χ0) is 19.3. The predicted molar refractivity (Wildman–Crippen MR) is 106 cm³/mol. The first-order valence-corrected chi connectivity index (χ1v) is 9.07. The average Bonchev–Trinajstić information content (AvgIpc) is 2.61. The van der Waals surface area contributed by atoms with Crippen LogP contribution in [0.1, 0.15) is 24.5 Å². The molecule has 6 nitrogen and oxygen atoms in total. The Labute approximate surface area is 160 Å². The molecule has 0 aliphatic rings. The molecule has 138 valence electrons. The summed E-state index contributed by atoms with van der Waals surface area (Å²) in [4.78, 5) is 35.7. The number of carbonyl (C=O) groups excluding carboxylic acids is 1. The molecule has 1 unspecified atom stereocenters. The number of rotatable bonds is 6. The topological polar surface area (TPSA) is 73.1 Å². The molecule has 0 aliphatic carbocycles. The van der Waals surface area contributed by atoms with Crippen molar-refractivity contribution in [2.24, 2.45) is 14.1 Å². The van der Waals surface area contributed by atoms with Gasteiger partial charge in [-0.05, 0) is 43.5 Å². The summed E-state index contributed by atoms with van der Waals surface area (Å²) < 4.78 is 3.36. The Balaban J connectivity index is 1.93. The van der Waals surface area contributed by atoms with Crippen molar-refractivity contribution in [1.82, 2.24) is 14.5 Å². The lowest BCUT2D eigenvalue weighted by Crippen LogP contribution is -2.37. The number of aryl methyl sites for hydroxylation is 2. The van der Waals surface area contributed by atoms with Crippen LogP contribution in [0.25, 0.3) is 6.08 Å². The third-order valence-electron chi connectivity index (χ3n) is 4.06. The van der Waals surface area contributed by atoms with Gasteiger partial charge in [-0.25, -0.2) is 4.79 Å². The van der Waals surface area contributed by atoms with Gasteiger partial charge < -0.3 is 9.88 Å². The number of hydrogen-bond acceptors (Lipinski definition) is 3. The fraction of sp³-hybridized carbons (Fsp3) is 0.316. The Bertz CT molecular complexity index is 927. The van der Waals surface area contributed by atoms with E-state index < -0.39 is 11.2 Å². The molecule has 1 heterocycles. The Morgan fingerprint density at radius 1 is 1.23 bits per heavy atom. The first-order chi connectivity index (χ1) is 12.3. The molecule has 0 aliphatic heterocycles. The van der Waals surface area contributed by atoms with Crippen LogP contribution in [0.2, 0.25) is 0 Å². The van der Waals surface area contributed by atoms with Crippen LogP contribution in [0.15, 0.2) is 50.6 Å². The number of halogens is 1. The third-order valence-corrected chi connectivity index (χ3v) is 4.58. The van der Waals surface area contributed by atoms with Gasteiger partial charge in [-0.1, -0.05) is 28.1 Å². The zero-order valence-corrected chi connectivity index (χ0v) is 16.6. The Hall–Kier alpha value is -2.41. The summed E-state index contributed by atoms with van der Waals surface area (Å²) in [6, 6.07) is 8.09. The molecule has 0 fully saturated rings. The number of aromatic nitrogens is 2. The van der Waals surface area contributed by atoms with E-state index >= 15 is 0 Å². The monoisotopic (exact) mass is 419 g/mol. The van der Waals surface area contributed by atoms with Gasteiger partial charge in [0.25, 0.3) is 5.56 Å². The van der Waals surface area contributed by atoms with E-state index in [2.05, 4.69) is 21.2 Å². The van der Waals surface area contributed by atoms with Crippen LogP contribution in [0.4, 0.5) is 0 Å². The molecular formula is C19H22BrN3O3. The fourth-order valence-electron chi connectivity index (χ4n) is 2.51. The van der Waals surface area contributed by atoms with Gasteiger partial charge in [0.1, 0.15) is 0 Å². The molecule has 0 radical (unpaired) electrons. The number of carbonyl (C=O) groups is 1. The molecule has 2 rings (SSSR count). The molecule has 1 aromatic heterocycles. The smallest absolute Gasteiger partial charge is 0.330 e. The molecule has 0 saturated heterocycles. The van der Waals surface area contributed by atoms with Crippen LogP contribution in [0, 0.1) is 0 Å². The molecule has 1 amide bonds. The van der Waals surface area contributed by atoms with E-state index in [1.807, 2.05) is 31.2 Å². The van der Waals surface area contributed by atoms with Crippen molar-refractivity contribution in [3.63, 3.8) is 0 Å². The second kappa shape index (κ2) is 8.80. The van der Waals surface area contributed by atoms with Gasteiger partial charge >= 0.3 is 5.69 Å². The summed E-state index contributed by atoms with van der Waals surface area (Å²) in [7, 11) is 2.97. The maximum atomic E-state index is 12.0. The number of nitrogens with one attached hydrogen (secondary N) is 1. The molecule has 26 heavy (non-hydrogen) atoms. The summed E-state index contributed by atoms with van der Waals surface area (Å²) in [6.45, 7) is 1.94. The van der Waals surface area contributed by atoms with Crippen LogP contribution in [0.3, 0.4) is 0 Å². The minimum absolute atomic E-state index is 0.00115. The highest BCUT2D eigenvalue weighted by Crippen LogP contribution is 2.12. The predicted octanol–water partition coefficient (Wildman–Crippen LogP) is 2.00. The van der Waals surface area contributed by atoms with Crippen molar-refractivity contribution in [3.05, 3.63) is 73.0 Å². The van der Waals surface area contributed by atoms with Crippen molar-refractivity contribution in [1.29, 1.82) is 0 Å². The highest BCUT2D eigenvalue weighted by atomic mass is 79.9. The van der Waals surface area contributed by atoms with Crippen LogP contribution in [-0.4, -0.2) is 21.1 Å². The number of amides is 1. The lowest BCUT2D eigenvalue weighted by molar-refractivity contribution is -0.117. The van der Waals surface area contributed by atoms with Gasteiger partial charge in [0.2, 0.25) is 5.91 Å². The molecule has 1 atom stereocenters. The van der Waals surface area contributed by atoms with Gasteiger partial charge in [-0.2, -0.15) is 0 Å². The molecule has 7 heteroatoms. The van der Waals surface area contributed by atoms with Gasteiger partial charge in [-0.3, -0.25) is 14.2 Å². The van der Waals surface area contributed by atoms with Crippen molar-refractivity contribution >= 4 is 27.9 Å². The lowest BCUT2D eigenvalue weighted by atomic mass is 10.1. The van der Waals surface area contributed by atoms with Crippen LogP contribution < -0.4 is 16.6 Å². The molecule has 1 N–H and O–H groups in total. The van der Waals surface area contributed by atoms with E-state index in [0.717, 1.165) is 21.9 Å². The van der Waals surface area contributed by atoms with Crippen molar-refractivity contribution in [2.75, 3.05) is 0 Å². The third kappa shape index (κ3) is 5.29. The molecule has 0 saturated carbocycles. The maximum Gasteiger partial charge on any atom is 0.330 e. The number of nitrogens with zero attached hydrogens (tertiary/aromatic N) is 2. The summed E-state index contributed by atoms with van der Waals surface area (Å²) in [6.07, 6.45) is 5.84. The van der Waals surface area contributed by atoms with E-state index in [1.54, 1.807) is 7.05 Å². The van der Waals surface area contributed by atoms with E-state index in [1.165, 1.54) is 35.5 Å². The normalized spacial score (nSPS) is 12.3. The molecule has 0 spiro atoms. The quantitative estimate of drug-likeness (QED) is 0.727. The van der Waals surface area contributed by atoms with Gasteiger partial charge in [0.15, 0.2) is 0 Å². The van der Waals surface area contributed by atoms with E-state index in [-0.39, 0.29) is 17.5 Å². The molecule has 0 bridgehead atoms. The Kier molecular flexibility index (Phi) is 6.74. The largest absolute Gasteiger partial charge is 0.350 e. The summed E-state index contributed by atoms with van der Waals surface area (Å²) in [5.74, 6) is -0.274. The minimum atomic E-state index is -0.430. The van der Waals surface area contributed by atoms with Crippen LogP contribution in [-0.2, 0) is 25.3 Å². The lowest BCUT2D eigenvalue weighted by Gasteiger charge is -2.12. The minimum Gasteiger partial charge on any atom is -0.350 e. The Morgan fingerprint density at radius 2 is 1.88 bits per heavy atom. The SMILES string of the molecule is CC(CCc1ccc(Br)cc1)NC(=O)C=Cc1cn(C)c(=O)n(C)c1=O. The average molecular weight is 420 g/mol. The van der Waals surface area contributed by atoms with Crippen molar-refractivity contribution in [3.8, 4) is 0 Å². The molecular weight excluding hydrogens is 398 g/mol. The highest BCUT2D eigenvalue weighted by molar-refractivity contribution is 9.10. The summed E-state index contributed by atoms with van der Waals surface area (Å²) >= 11 is 3.41. The van der Waals surface area contributed by atoms with Gasteiger partial charge in [0.05, 0.1) is 5.56 Å². The van der Waals surface area contributed by atoms with Gasteiger partial charge in [0, 0.05) is 36.9 Å². The number of hydrogen-bond donors (Lipinski definition) is 1. The van der Waals surface area contributed by atoms with Crippen LogP contribution >= 0.6 is 15.9 Å². The van der Waals surface area contributed by atoms with Crippen molar-refractivity contribution in [2.45, 2.75) is 25.8 Å². The van der Waals surface area contributed by atoms with Gasteiger partial charge in [-0.15, -0.1) is 0 Å². The van der Waals surface area contributed by atoms with Crippen molar-refractivity contribution < 1.29 is 4.79 Å². The highest BCUT2D eigenvalue weighted by Gasteiger charge is 2.07. The number of benzene rings is 1. The van der Waals surface area contributed by atoms with Crippen LogP contribution in [0.5, 0.6) is 0 Å². The fourth-order valence-corrected chi connectivity index (χ4v) is 2.78. The van der Waals surface area contributed by atoms with E-state index in [0.29, 0.717) is 0 Å². The second-order valence-electron chi connectivity index (χ2n) is 6.25. The summed E-state index contributed by atoms with van der Waals surface area (Å²) in [5.41, 5.74) is 0.657. The summed E-state index contributed by atoms with van der Waals surface area (Å²) in [5, 5.41) is 2.88. The first-order valence-electron chi connectivity index (χ1n) is 8.27. The van der Waals surface area contributed by atoms with E-state index in [9.17, 15) is 14.4 Å². The second-order valence-corrected chi connectivity index (χ2v) is 7.17. The molecule has 1 aromatic carbocycles.